The lowest BCUT2D eigenvalue weighted by Gasteiger charge is -2.33. The van der Waals surface area contributed by atoms with Crippen LogP contribution in [-0.2, 0) is 9.59 Å². The molecule has 1 heterocycles. The summed E-state index contributed by atoms with van der Waals surface area (Å²) in [5.41, 5.74) is 6.33. The number of anilines is 2. The molecule has 7 heteroatoms. The zero-order valence-electron chi connectivity index (χ0n) is 26.9. The van der Waals surface area contributed by atoms with E-state index in [2.05, 4.69) is 58.7 Å². The first-order valence-corrected chi connectivity index (χ1v) is 16.2. The first-order chi connectivity index (χ1) is 20.3. The molecule has 232 valence electrons. The molecule has 1 fully saturated rings. The lowest BCUT2D eigenvalue weighted by Crippen LogP contribution is -2.45. The number of hydrogen-bond donors (Lipinski definition) is 3. The normalized spacial score (nSPS) is 16.2. The molecule has 0 saturated carbocycles. The van der Waals surface area contributed by atoms with E-state index >= 15 is 0 Å². The average Bonchev–Trinajstić information content (AvgIpc) is 2.94. The first-order valence-electron chi connectivity index (χ1n) is 16.2. The van der Waals surface area contributed by atoms with Gasteiger partial charge in [-0.1, -0.05) is 69.0 Å². The van der Waals surface area contributed by atoms with Crippen LogP contribution in [0.4, 0.5) is 11.4 Å². The van der Waals surface area contributed by atoms with E-state index < -0.39 is 0 Å². The van der Waals surface area contributed by atoms with Gasteiger partial charge in [-0.2, -0.15) is 0 Å². The van der Waals surface area contributed by atoms with Crippen LogP contribution in [0.1, 0.15) is 80.5 Å². The molecule has 0 aromatic heterocycles. The highest BCUT2D eigenvalue weighted by molar-refractivity contribution is 5.96. The minimum atomic E-state index is -0.0469. The number of unbranched alkanes of at least 4 members (excludes halogenated alkanes) is 2. The number of likely N-dealkylation sites (tertiary alicyclic amines) is 1. The Morgan fingerprint density at radius 1 is 0.810 bits per heavy atom. The Balaban J connectivity index is 1.35. The molecule has 3 rings (SSSR count). The summed E-state index contributed by atoms with van der Waals surface area (Å²) >= 11 is 0. The van der Waals surface area contributed by atoms with Crippen molar-refractivity contribution in [3.05, 3.63) is 58.7 Å². The van der Waals surface area contributed by atoms with Gasteiger partial charge in [0.1, 0.15) is 0 Å². The van der Waals surface area contributed by atoms with E-state index in [0.29, 0.717) is 6.54 Å². The summed E-state index contributed by atoms with van der Waals surface area (Å²) in [5.74, 6) is 0.193. The third-order valence-electron chi connectivity index (χ3n) is 8.61. The van der Waals surface area contributed by atoms with Crippen molar-refractivity contribution < 1.29 is 9.59 Å². The van der Waals surface area contributed by atoms with Crippen molar-refractivity contribution in [3.63, 3.8) is 0 Å². The Labute approximate surface area is 254 Å². The van der Waals surface area contributed by atoms with Gasteiger partial charge >= 0.3 is 0 Å². The van der Waals surface area contributed by atoms with E-state index in [9.17, 15) is 9.59 Å². The number of benzene rings is 2. The standard InChI is InChI=1S/C35H55N5O2/c1-6-39(26-32(41)37-33-27(2)16-14-17-28(33)3)25-22-36-21-11-9-13-24-40-23-12-8-7-10-20-31(40)35(42)38-34-29(4)18-15-19-30(34)5/h14-19,31,36H,6-13,20-26H2,1-5H3,(H,37,41)(H,38,42). The maximum absolute atomic E-state index is 13.4. The van der Waals surface area contributed by atoms with Crippen molar-refractivity contribution in [3.8, 4) is 0 Å². The molecule has 2 aromatic carbocycles. The lowest BCUT2D eigenvalue weighted by atomic mass is 10.00. The molecular weight excluding hydrogens is 522 g/mol. The minimum absolute atomic E-state index is 0.0412. The Morgan fingerprint density at radius 3 is 2.07 bits per heavy atom. The summed E-state index contributed by atoms with van der Waals surface area (Å²) in [6.07, 6.45) is 9.07. The van der Waals surface area contributed by atoms with Crippen molar-refractivity contribution in [1.29, 1.82) is 0 Å². The third-order valence-corrected chi connectivity index (χ3v) is 8.61. The number of amides is 2. The number of carbonyl (C=O) groups excluding carboxylic acids is 2. The quantitative estimate of drug-likeness (QED) is 0.219. The van der Waals surface area contributed by atoms with Crippen molar-refractivity contribution in [2.75, 3.05) is 56.4 Å². The van der Waals surface area contributed by atoms with Gasteiger partial charge in [-0.15, -0.1) is 0 Å². The Hall–Kier alpha value is -2.74. The van der Waals surface area contributed by atoms with Gasteiger partial charge in [-0.25, -0.2) is 0 Å². The van der Waals surface area contributed by atoms with Crippen LogP contribution in [0.25, 0.3) is 0 Å². The molecule has 0 radical (unpaired) electrons. The Bertz CT molecular complexity index is 1090. The van der Waals surface area contributed by atoms with E-state index in [1.54, 1.807) is 0 Å². The van der Waals surface area contributed by atoms with Gasteiger partial charge in [0.15, 0.2) is 0 Å². The number of likely N-dealkylation sites (N-methyl/N-ethyl adjacent to an activating group) is 1. The predicted octanol–water partition coefficient (Wildman–Crippen LogP) is 6.21. The largest absolute Gasteiger partial charge is 0.324 e. The molecule has 0 spiro atoms. The number of carbonyl (C=O) groups is 2. The van der Waals surface area contributed by atoms with E-state index in [1.807, 2.05) is 38.1 Å². The molecular formula is C35H55N5O2. The van der Waals surface area contributed by atoms with Crippen molar-refractivity contribution >= 4 is 23.2 Å². The van der Waals surface area contributed by atoms with Gasteiger partial charge in [0.05, 0.1) is 12.6 Å². The van der Waals surface area contributed by atoms with Crippen LogP contribution in [0.2, 0.25) is 0 Å². The molecule has 42 heavy (non-hydrogen) atoms. The highest BCUT2D eigenvalue weighted by atomic mass is 16.2. The topological polar surface area (TPSA) is 76.7 Å². The van der Waals surface area contributed by atoms with Crippen LogP contribution in [0.3, 0.4) is 0 Å². The second-order valence-electron chi connectivity index (χ2n) is 12.0. The van der Waals surface area contributed by atoms with Gasteiger partial charge in [-0.3, -0.25) is 19.4 Å². The number of nitrogens with zero attached hydrogens (tertiary/aromatic N) is 2. The molecule has 1 saturated heterocycles. The zero-order valence-corrected chi connectivity index (χ0v) is 26.9. The van der Waals surface area contributed by atoms with Gasteiger partial charge in [0.25, 0.3) is 0 Å². The lowest BCUT2D eigenvalue weighted by molar-refractivity contribution is -0.122. The van der Waals surface area contributed by atoms with Gasteiger partial charge in [-0.05, 0) is 102 Å². The number of nitrogens with one attached hydrogen (secondary N) is 3. The molecule has 3 N–H and O–H groups in total. The summed E-state index contributed by atoms with van der Waals surface area (Å²) < 4.78 is 0. The molecule has 2 aromatic rings. The highest BCUT2D eigenvalue weighted by Gasteiger charge is 2.27. The Kier molecular flexibility index (Phi) is 14.5. The second kappa shape index (κ2) is 18.0. The zero-order chi connectivity index (χ0) is 30.3. The molecule has 1 aliphatic heterocycles. The van der Waals surface area contributed by atoms with E-state index in [4.69, 9.17) is 0 Å². The van der Waals surface area contributed by atoms with Gasteiger partial charge < -0.3 is 16.0 Å². The summed E-state index contributed by atoms with van der Waals surface area (Å²) in [4.78, 5) is 30.7. The van der Waals surface area contributed by atoms with Gasteiger partial charge in [0.2, 0.25) is 11.8 Å². The number of rotatable bonds is 15. The number of aryl methyl sites for hydroxylation is 4. The maximum atomic E-state index is 13.4. The molecule has 1 atom stereocenters. The summed E-state index contributed by atoms with van der Waals surface area (Å²) in [7, 11) is 0. The van der Waals surface area contributed by atoms with Crippen LogP contribution in [-0.4, -0.2) is 73.5 Å². The predicted molar refractivity (Wildman–Crippen MR) is 176 cm³/mol. The molecule has 0 bridgehead atoms. The van der Waals surface area contributed by atoms with Crippen molar-refractivity contribution in [2.45, 2.75) is 92.0 Å². The summed E-state index contributed by atoms with van der Waals surface area (Å²) in [6.45, 7) is 16.2. The second-order valence-corrected chi connectivity index (χ2v) is 12.0. The van der Waals surface area contributed by atoms with Crippen LogP contribution in [0.15, 0.2) is 36.4 Å². The van der Waals surface area contributed by atoms with Gasteiger partial charge in [0, 0.05) is 24.5 Å². The fourth-order valence-electron chi connectivity index (χ4n) is 5.97. The average molecular weight is 578 g/mol. The third kappa shape index (κ3) is 10.8. The highest BCUT2D eigenvalue weighted by Crippen LogP contribution is 2.23. The Morgan fingerprint density at radius 2 is 1.43 bits per heavy atom. The van der Waals surface area contributed by atoms with Crippen molar-refractivity contribution in [1.82, 2.24) is 15.1 Å². The van der Waals surface area contributed by atoms with E-state index in [-0.39, 0.29) is 17.9 Å². The molecule has 7 nitrogen and oxygen atoms in total. The van der Waals surface area contributed by atoms with Crippen LogP contribution in [0, 0.1) is 27.7 Å². The fourth-order valence-corrected chi connectivity index (χ4v) is 5.97. The molecule has 2 amide bonds. The number of para-hydroxylation sites is 2. The molecule has 1 unspecified atom stereocenters. The smallest absolute Gasteiger partial charge is 0.241 e. The number of hydrogen-bond acceptors (Lipinski definition) is 5. The van der Waals surface area contributed by atoms with Crippen molar-refractivity contribution in [2.24, 2.45) is 0 Å². The summed E-state index contributed by atoms with van der Waals surface area (Å²) in [5, 5.41) is 9.93. The monoisotopic (exact) mass is 577 g/mol. The SMILES string of the molecule is CCN(CCNCCCCCN1CCCCCCC1C(=O)Nc1c(C)cccc1C)CC(=O)Nc1c(C)cccc1C. The van der Waals surface area contributed by atoms with Crippen LogP contribution >= 0.6 is 0 Å². The van der Waals surface area contributed by atoms with E-state index in [0.717, 1.165) is 105 Å². The van der Waals surface area contributed by atoms with Crippen LogP contribution < -0.4 is 16.0 Å². The summed E-state index contributed by atoms with van der Waals surface area (Å²) in [6, 6.07) is 12.2. The minimum Gasteiger partial charge on any atom is -0.324 e. The van der Waals surface area contributed by atoms with Crippen LogP contribution in [0.5, 0.6) is 0 Å². The van der Waals surface area contributed by atoms with E-state index in [1.165, 1.54) is 19.3 Å². The molecule has 1 aliphatic rings. The maximum Gasteiger partial charge on any atom is 0.241 e. The first kappa shape index (κ1) is 33.8. The fraction of sp³-hybridized carbons (Fsp3) is 0.600. The molecule has 0 aliphatic carbocycles.